The summed E-state index contributed by atoms with van der Waals surface area (Å²) in [6, 6.07) is 1.84. The molecule has 2 N–H and O–H groups in total. The molecule has 0 saturated heterocycles. The molecule has 0 aliphatic heterocycles. The Hall–Kier alpha value is -1.63. The van der Waals surface area contributed by atoms with Gasteiger partial charge in [-0.15, -0.1) is 0 Å². The van der Waals surface area contributed by atoms with Crippen LogP contribution in [0.1, 0.15) is 18.0 Å². The average molecular weight is 234 g/mol. The van der Waals surface area contributed by atoms with Crippen LogP contribution in [0.5, 0.6) is 0 Å². The zero-order chi connectivity index (χ0) is 12.3. The van der Waals surface area contributed by atoms with E-state index in [0.29, 0.717) is 0 Å². The number of nitro benzene ring substituents is 1. The van der Waals surface area contributed by atoms with Gasteiger partial charge < -0.3 is 5.73 Å². The number of hydrogen-bond acceptors (Lipinski definition) is 3. The summed E-state index contributed by atoms with van der Waals surface area (Å²) >= 11 is 0. The SMILES string of the molecule is N[C@@H](CC(F)F)c1ccc(F)c([N+](=O)[O-])c1. The van der Waals surface area contributed by atoms with Crippen LogP contribution in [-0.4, -0.2) is 11.3 Å². The van der Waals surface area contributed by atoms with Crippen molar-refractivity contribution in [2.75, 3.05) is 0 Å². The van der Waals surface area contributed by atoms with Crippen molar-refractivity contribution in [3.8, 4) is 0 Å². The van der Waals surface area contributed by atoms with E-state index in [-0.39, 0.29) is 5.56 Å². The summed E-state index contributed by atoms with van der Waals surface area (Å²) < 4.78 is 37.0. The topological polar surface area (TPSA) is 69.2 Å². The number of nitro groups is 1. The fourth-order valence-corrected chi connectivity index (χ4v) is 1.23. The third kappa shape index (κ3) is 2.93. The lowest BCUT2D eigenvalue weighted by atomic mass is 10.0. The predicted molar refractivity (Wildman–Crippen MR) is 50.6 cm³/mol. The van der Waals surface area contributed by atoms with Gasteiger partial charge in [0.1, 0.15) is 0 Å². The first-order valence-electron chi connectivity index (χ1n) is 4.39. The molecule has 0 heterocycles. The molecule has 0 spiro atoms. The van der Waals surface area contributed by atoms with Crippen LogP contribution in [0.4, 0.5) is 18.9 Å². The van der Waals surface area contributed by atoms with Crippen LogP contribution in [0.15, 0.2) is 18.2 Å². The van der Waals surface area contributed by atoms with Gasteiger partial charge in [-0.2, -0.15) is 4.39 Å². The van der Waals surface area contributed by atoms with E-state index in [2.05, 4.69) is 0 Å². The number of alkyl halides is 2. The number of rotatable bonds is 4. The third-order valence-electron chi connectivity index (χ3n) is 2.03. The fraction of sp³-hybridized carbons (Fsp3) is 0.333. The van der Waals surface area contributed by atoms with Crippen LogP contribution in [0, 0.1) is 15.9 Å². The Kier molecular flexibility index (Phi) is 3.83. The minimum Gasteiger partial charge on any atom is -0.324 e. The second kappa shape index (κ2) is 4.93. The lowest BCUT2D eigenvalue weighted by Crippen LogP contribution is -2.14. The van der Waals surface area contributed by atoms with Gasteiger partial charge in [0.2, 0.25) is 12.2 Å². The maximum absolute atomic E-state index is 12.9. The lowest BCUT2D eigenvalue weighted by Gasteiger charge is -2.10. The van der Waals surface area contributed by atoms with Crippen molar-refractivity contribution in [1.82, 2.24) is 0 Å². The highest BCUT2D eigenvalue weighted by molar-refractivity contribution is 5.37. The summed E-state index contributed by atoms with van der Waals surface area (Å²) in [5.41, 5.74) is 4.75. The Labute approximate surface area is 89.0 Å². The Bertz CT molecular complexity index is 398. The fourth-order valence-electron chi connectivity index (χ4n) is 1.23. The van der Waals surface area contributed by atoms with E-state index >= 15 is 0 Å². The third-order valence-corrected chi connectivity index (χ3v) is 2.03. The Balaban J connectivity index is 2.98. The molecule has 4 nitrogen and oxygen atoms in total. The van der Waals surface area contributed by atoms with E-state index < -0.39 is 35.3 Å². The molecular weight excluding hydrogens is 225 g/mol. The van der Waals surface area contributed by atoms with Gasteiger partial charge in [0.25, 0.3) is 0 Å². The standard InChI is InChI=1S/C9H9F3N2O2/c10-6-2-1-5(3-8(6)14(15)16)7(13)4-9(11)12/h1-3,7,9H,4,13H2/t7-/m0/s1. The number of halogens is 3. The lowest BCUT2D eigenvalue weighted by molar-refractivity contribution is -0.387. The zero-order valence-corrected chi connectivity index (χ0v) is 8.07. The second-order valence-electron chi connectivity index (χ2n) is 3.20. The molecule has 0 aliphatic carbocycles. The number of nitrogens with zero attached hydrogens (tertiary/aromatic N) is 1. The van der Waals surface area contributed by atoms with E-state index in [0.717, 1.165) is 18.2 Å². The summed E-state index contributed by atoms with van der Waals surface area (Å²) in [6.45, 7) is 0. The monoisotopic (exact) mass is 234 g/mol. The molecule has 1 aromatic rings. The van der Waals surface area contributed by atoms with Crippen molar-refractivity contribution in [3.05, 3.63) is 39.7 Å². The molecule has 1 rings (SSSR count). The summed E-state index contributed by atoms with van der Waals surface area (Å²) in [7, 11) is 0. The quantitative estimate of drug-likeness (QED) is 0.642. The van der Waals surface area contributed by atoms with E-state index in [9.17, 15) is 23.3 Å². The van der Waals surface area contributed by atoms with E-state index in [1.165, 1.54) is 0 Å². The van der Waals surface area contributed by atoms with Crippen LogP contribution in [0.2, 0.25) is 0 Å². The Morgan fingerprint density at radius 1 is 1.44 bits per heavy atom. The summed E-state index contributed by atoms with van der Waals surface area (Å²) in [4.78, 5) is 9.47. The normalized spacial score (nSPS) is 12.8. The van der Waals surface area contributed by atoms with E-state index in [4.69, 9.17) is 5.73 Å². The van der Waals surface area contributed by atoms with Gasteiger partial charge in [-0.25, -0.2) is 8.78 Å². The Morgan fingerprint density at radius 3 is 2.56 bits per heavy atom. The second-order valence-corrected chi connectivity index (χ2v) is 3.20. The molecule has 0 aliphatic rings. The predicted octanol–water partition coefficient (Wildman–Crippen LogP) is 2.39. The molecule has 0 amide bonds. The van der Waals surface area contributed by atoms with Gasteiger partial charge >= 0.3 is 5.69 Å². The number of benzene rings is 1. The zero-order valence-electron chi connectivity index (χ0n) is 8.07. The molecule has 0 saturated carbocycles. The van der Waals surface area contributed by atoms with Gasteiger partial charge in [0.05, 0.1) is 4.92 Å². The molecule has 0 unspecified atom stereocenters. The average Bonchev–Trinajstić information content (AvgIpc) is 2.16. The molecule has 88 valence electrons. The van der Waals surface area contributed by atoms with Crippen LogP contribution in [0.3, 0.4) is 0 Å². The van der Waals surface area contributed by atoms with E-state index in [1.807, 2.05) is 0 Å². The van der Waals surface area contributed by atoms with Crippen molar-refractivity contribution in [1.29, 1.82) is 0 Å². The molecule has 0 aromatic heterocycles. The minimum atomic E-state index is -2.61. The van der Waals surface area contributed by atoms with Crippen LogP contribution < -0.4 is 5.73 Å². The first-order chi connectivity index (χ1) is 7.41. The van der Waals surface area contributed by atoms with Gasteiger partial charge in [0, 0.05) is 18.5 Å². The summed E-state index contributed by atoms with van der Waals surface area (Å²) in [5, 5.41) is 10.4. The first kappa shape index (κ1) is 12.4. The van der Waals surface area contributed by atoms with Crippen molar-refractivity contribution >= 4 is 5.69 Å². The van der Waals surface area contributed by atoms with Gasteiger partial charge in [0.15, 0.2) is 0 Å². The van der Waals surface area contributed by atoms with E-state index in [1.54, 1.807) is 0 Å². The molecule has 1 aromatic carbocycles. The maximum Gasteiger partial charge on any atom is 0.305 e. The molecule has 1 atom stereocenters. The highest BCUT2D eigenvalue weighted by Gasteiger charge is 2.19. The molecule has 16 heavy (non-hydrogen) atoms. The molecule has 7 heteroatoms. The first-order valence-corrected chi connectivity index (χ1v) is 4.39. The van der Waals surface area contributed by atoms with Crippen LogP contribution in [-0.2, 0) is 0 Å². The molecule has 0 fully saturated rings. The molecule has 0 bridgehead atoms. The summed E-state index contributed by atoms with van der Waals surface area (Å²) in [5.74, 6) is -1.02. The van der Waals surface area contributed by atoms with Crippen LogP contribution in [0.25, 0.3) is 0 Å². The van der Waals surface area contributed by atoms with Crippen LogP contribution >= 0.6 is 0 Å². The smallest absolute Gasteiger partial charge is 0.305 e. The van der Waals surface area contributed by atoms with Gasteiger partial charge in [-0.3, -0.25) is 10.1 Å². The Morgan fingerprint density at radius 2 is 2.06 bits per heavy atom. The highest BCUT2D eigenvalue weighted by atomic mass is 19.3. The largest absolute Gasteiger partial charge is 0.324 e. The van der Waals surface area contributed by atoms with Gasteiger partial charge in [-0.05, 0) is 11.6 Å². The van der Waals surface area contributed by atoms with Crippen molar-refractivity contribution in [2.45, 2.75) is 18.9 Å². The maximum atomic E-state index is 12.9. The minimum absolute atomic E-state index is 0.119. The summed E-state index contributed by atoms with van der Waals surface area (Å²) in [6.07, 6.45) is -3.23. The van der Waals surface area contributed by atoms with Gasteiger partial charge in [-0.1, -0.05) is 6.07 Å². The van der Waals surface area contributed by atoms with Crippen molar-refractivity contribution < 1.29 is 18.1 Å². The highest BCUT2D eigenvalue weighted by Crippen LogP contribution is 2.24. The molecule has 0 radical (unpaired) electrons. The van der Waals surface area contributed by atoms with Crippen molar-refractivity contribution in [2.24, 2.45) is 5.73 Å². The van der Waals surface area contributed by atoms with Crippen molar-refractivity contribution in [3.63, 3.8) is 0 Å². The molecular formula is C9H9F3N2O2. The number of hydrogen-bond donors (Lipinski definition) is 1. The number of nitrogens with two attached hydrogens (primary N) is 1.